The standard InChI is InChI=1S/C9H11BrO3/c1-12-6-13-9-7(5-11)3-2-4-8(9)10/h2-4,11H,5-6H2,1H3. The van der Waals surface area contributed by atoms with Crippen molar-refractivity contribution in [3.8, 4) is 5.75 Å². The Morgan fingerprint density at radius 3 is 2.85 bits per heavy atom. The number of benzene rings is 1. The van der Waals surface area contributed by atoms with Crippen molar-refractivity contribution in [2.45, 2.75) is 6.61 Å². The van der Waals surface area contributed by atoms with E-state index in [-0.39, 0.29) is 13.4 Å². The summed E-state index contributed by atoms with van der Waals surface area (Å²) in [5, 5.41) is 9.00. The number of hydrogen-bond acceptors (Lipinski definition) is 3. The normalized spacial score (nSPS) is 10.1. The summed E-state index contributed by atoms with van der Waals surface area (Å²) >= 11 is 3.33. The molecule has 1 aromatic carbocycles. The Bertz CT molecular complexity index is 276. The average Bonchev–Trinajstić information content (AvgIpc) is 2.15. The van der Waals surface area contributed by atoms with E-state index in [4.69, 9.17) is 14.6 Å². The second kappa shape index (κ2) is 5.21. The van der Waals surface area contributed by atoms with Crippen LogP contribution in [0.3, 0.4) is 0 Å². The SMILES string of the molecule is COCOc1c(Br)cccc1CO. The van der Waals surface area contributed by atoms with Crippen molar-refractivity contribution in [1.29, 1.82) is 0 Å². The highest BCUT2D eigenvalue weighted by Gasteiger charge is 2.06. The van der Waals surface area contributed by atoms with Gasteiger partial charge in [-0.2, -0.15) is 0 Å². The maximum atomic E-state index is 9.00. The van der Waals surface area contributed by atoms with Gasteiger partial charge in [0.05, 0.1) is 11.1 Å². The molecule has 3 nitrogen and oxygen atoms in total. The first-order chi connectivity index (χ1) is 6.29. The molecule has 0 unspecified atom stereocenters. The van der Waals surface area contributed by atoms with Crippen molar-refractivity contribution < 1.29 is 14.6 Å². The molecular weight excluding hydrogens is 236 g/mol. The lowest BCUT2D eigenvalue weighted by Gasteiger charge is -2.10. The highest BCUT2D eigenvalue weighted by Crippen LogP contribution is 2.28. The second-order valence-corrected chi connectivity index (χ2v) is 3.29. The predicted molar refractivity (Wildman–Crippen MR) is 52.6 cm³/mol. The third-order valence-corrected chi connectivity index (χ3v) is 2.16. The van der Waals surface area contributed by atoms with E-state index in [9.17, 15) is 0 Å². The molecule has 13 heavy (non-hydrogen) atoms. The fourth-order valence-corrected chi connectivity index (χ4v) is 1.48. The summed E-state index contributed by atoms with van der Waals surface area (Å²) in [6, 6.07) is 5.50. The first kappa shape index (κ1) is 10.5. The summed E-state index contributed by atoms with van der Waals surface area (Å²) in [4.78, 5) is 0. The maximum absolute atomic E-state index is 9.00. The zero-order chi connectivity index (χ0) is 9.68. The van der Waals surface area contributed by atoms with Crippen LogP contribution in [0.5, 0.6) is 5.75 Å². The van der Waals surface area contributed by atoms with Gasteiger partial charge in [-0.25, -0.2) is 0 Å². The maximum Gasteiger partial charge on any atom is 0.188 e. The number of aliphatic hydroxyl groups is 1. The van der Waals surface area contributed by atoms with E-state index in [2.05, 4.69) is 15.9 Å². The Labute approximate surface area is 85.4 Å². The molecule has 0 atom stereocenters. The van der Waals surface area contributed by atoms with Gasteiger partial charge in [0.15, 0.2) is 6.79 Å². The Kier molecular flexibility index (Phi) is 4.21. The summed E-state index contributed by atoms with van der Waals surface area (Å²) < 4.78 is 10.9. The molecule has 0 aliphatic rings. The Hall–Kier alpha value is -0.580. The number of aliphatic hydroxyl groups excluding tert-OH is 1. The van der Waals surface area contributed by atoms with Crippen LogP contribution >= 0.6 is 15.9 Å². The molecule has 4 heteroatoms. The van der Waals surface area contributed by atoms with Gasteiger partial charge < -0.3 is 14.6 Å². The van der Waals surface area contributed by atoms with Gasteiger partial charge in [-0.05, 0) is 22.0 Å². The molecule has 0 amide bonds. The molecule has 1 rings (SSSR count). The smallest absolute Gasteiger partial charge is 0.188 e. The lowest BCUT2D eigenvalue weighted by Crippen LogP contribution is -2.02. The van der Waals surface area contributed by atoms with Crippen molar-refractivity contribution in [3.05, 3.63) is 28.2 Å². The van der Waals surface area contributed by atoms with E-state index in [1.165, 1.54) is 0 Å². The molecule has 0 saturated heterocycles. The molecule has 0 saturated carbocycles. The molecule has 0 aromatic heterocycles. The summed E-state index contributed by atoms with van der Waals surface area (Å²) in [5.41, 5.74) is 0.742. The minimum Gasteiger partial charge on any atom is -0.466 e. The number of ether oxygens (including phenoxy) is 2. The predicted octanol–water partition coefficient (Wildman–Crippen LogP) is 1.92. The molecule has 1 N–H and O–H groups in total. The van der Waals surface area contributed by atoms with Gasteiger partial charge in [-0.3, -0.25) is 0 Å². The van der Waals surface area contributed by atoms with Crippen molar-refractivity contribution in [3.63, 3.8) is 0 Å². The minimum atomic E-state index is -0.0432. The molecule has 0 radical (unpaired) electrons. The van der Waals surface area contributed by atoms with Crippen LogP contribution in [0.1, 0.15) is 5.56 Å². The summed E-state index contributed by atoms with van der Waals surface area (Å²) in [5.74, 6) is 0.631. The molecule has 1 aromatic rings. The Morgan fingerprint density at radius 1 is 1.46 bits per heavy atom. The molecular formula is C9H11BrO3. The van der Waals surface area contributed by atoms with Crippen LogP contribution in [0.2, 0.25) is 0 Å². The molecule has 0 aliphatic heterocycles. The van der Waals surface area contributed by atoms with Crippen LogP contribution in [0, 0.1) is 0 Å². The lowest BCUT2D eigenvalue weighted by molar-refractivity contribution is 0.0489. The number of halogens is 1. The molecule has 72 valence electrons. The van der Waals surface area contributed by atoms with Gasteiger partial charge in [-0.15, -0.1) is 0 Å². The van der Waals surface area contributed by atoms with Crippen LogP contribution in [0.15, 0.2) is 22.7 Å². The molecule has 0 aliphatic carbocycles. The summed E-state index contributed by atoms with van der Waals surface area (Å²) in [7, 11) is 1.55. The first-order valence-corrected chi connectivity index (χ1v) is 4.59. The first-order valence-electron chi connectivity index (χ1n) is 3.79. The molecule has 0 heterocycles. The Morgan fingerprint density at radius 2 is 2.23 bits per heavy atom. The second-order valence-electron chi connectivity index (χ2n) is 2.44. The largest absolute Gasteiger partial charge is 0.466 e. The summed E-state index contributed by atoms with van der Waals surface area (Å²) in [6.07, 6.45) is 0. The zero-order valence-electron chi connectivity index (χ0n) is 7.29. The molecule has 0 spiro atoms. The number of para-hydroxylation sites is 1. The molecule has 0 bridgehead atoms. The van der Waals surface area contributed by atoms with Crippen LogP contribution < -0.4 is 4.74 Å². The van der Waals surface area contributed by atoms with Crippen molar-refractivity contribution in [1.82, 2.24) is 0 Å². The fraction of sp³-hybridized carbons (Fsp3) is 0.333. The van der Waals surface area contributed by atoms with Gasteiger partial charge in [0.1, 0.15) is 5.75 Å². The fourth-order valence-electron chi connectivity index (χ4n) is 0.958. The van der Waals surface area contributed by atoms with Crippen LogP contribution in [0.4, 0.5) is 0 Å². The number of rotatable bonds is 4. The van der Waals surface area contributed by atoms with E-state index in [0.717, 1.165) is 10.0 Å². The highest BCUT2D eigenvalue weighted by atomic mass is 79.9. The number of methoxy groups -OCH3 is 1. The van der Waals surface area contributed by atoms with E-state index in [1.807, 2.05) is 12.1 Å². The zero-order valence-corrected chi connectivity index (χ0v) is 8.87. The van der Waals surface area contributed by atoms with Gasteiger partial charge in [-0.1, -0.05) is 12.1 Å². The topological polar surface area (TPSA) is 38.7 Å². The summed E-state index contributed by atoms with van der Waals surface area (Å²) in [6.45, 7) is 0.133. The van der Waals surface area contributed by atoms with Crippen LogP contribution in [0.25, 0.3) is 0 Å². The van der Waals surface area contributed by atoms with E-state index in [1.54, 1.807) is 13.2 Å². The minimum absolute atomic E-state index is 0.0432. The third kappa shape index (κ3) is 2.69. The van der Waals surface area contributed by atoms with Gasteiger partial charge >= 0.3 is 0 Å². The quantitative estimate of drug-likeness (QED) is 0.826. The third-order valence-electron chi connectivity index (χ3n) is 1.54. The highest BCUT2D eigenvalue weighted by molar-refractivity contribution is 9.10. The van der Waals surface area contributed by atoms with Crippen molar-refractivity contribution >= 4 is 15.9 Å². The van der Waals surface area contributed by atoms with E-state index >= 15 is 0 Å². The lowest BCUT2D eigenvalue weighted by atomic mass is 10.2. The van der Waals surface area contributed by atoms with Gasteiger partial charge in [0.25, 0.3) is 0 Å². The van der Waals surface area contributed by atoms with E-state index in [0.29, 0.717) is 5.75 Å². The van der Waals surface area contributed by atoms with Crippen LogP contribution in [-0.2, 0) is 11.3 Å². The van der Waals surface area contributed by atoms with Crippen LogP contribution in [-0.4, -0.2) is 19.0 Å². The average molecular weight is 247 g/mol. The van der Waals surface area contributed by atoms with Crippen molar-refractivity contribution in [2.75, 3.05) is 13.9 Å². The Balaban J connectivity index is 2.87. The molecule has 0 fully saturated rings. The van der Waals surface area contributed by atoms with Gasteiger partial charge in [0.2, 0.25) is 0 Å². The van der Waals surface area contributed by atoms with Crippen molar-refractivity contribution in [2.24, 2.45) is 0 Å². The van der Waals surface area contributed by atoms with E-state index < -0.39 is 0 Å². The monoisotopic (exact) mass is 246 g/mol. The number of hydrogen-bond donors (Lipinski definition) is 1. The van der Waals surface area contributed by atoms with Gasteiger partial charge in [0, 0.05) is 12.7 Å².